The van der Waals surface area contributed by atoms with Gasteiger partial charge in [-0.3, -0.25) is 9.59 Å². The molecule has 3 N–H and O–H groups in total. The van der Waals surface area contributed by atoms with Gasteiger partial charge in [-0.2, -0.15) is 0 Å². The standard InChI is InChI=1S/C28H43N3O5/c32-25(26(33)28(35)31-15-6-7-16-31)27(34)29-20-22-12-17-30(18-13-22)23-10-4-5-11-24(23)36-19-14-21-8-2-1-3-9-21/h4-5,10-11,21-22,25-26,32-33H,1-3,6-9,12-20H2,(H,29,34)/t25-,26-/m1/s1. The Labute approximate surface area is 215 Å². The van der Waals surface area contributed by atoms with Crippen molar-refractivity contribution in [3.05, 3.63) is 24.3 Å². The van der Waals surface area contributed by atoms with Crippen molar-refractivity contribution in [1.82, 2.24) is 10.2 Å². The van der Waals surface area contributed by atoms with Gasteiger partial charge >= 0.3 is 0 Å². The second-order valence-electron chi connectivity index (χ2n) is 10.7. The van der Waals surface area contributed by atoms with Crippen molar-refractivity contribution in [3.8, 4) is 5.75 Å². The van der Waals surface area contributed by atoms with Crippen LogP contribution in [0.5, 0.6) is 5.75 Å². The van der Waals surface area contributed by atoms with Crippen LogP contribution in [0, 0.1) is 11.8 Å². The smallest absolute Gasteiger partial charge is 0.254 e. The molecule has 200 valence electrons. The van der Waals surface area contributed by atoms with Gasteiger partial charge in [-0.15, -0.1) is 0 Å². The highest BCUT2D eigenvalue weighted by Gasteiger charge is 2.34. The minimum Gasteiger partial charge on any atom is -0.491 e. The van der Waals surface area contributed by atoms with E-state index in [1.165, 1.54) is 37.0 Å². The summed E-state index contributed by atoms with van der Waals surface area (Å²) >= 11 is 0. The molecular formula is C28H43N3O5. The number of benzene rings is 1. The van der Waals surface area contributed by atoms with Gasteiger partial charge in [-0.25, -0.2) is 0 Å². The molecule has 0 spiro atoms. The van der Waals surface area contributed by atoms with E-state index in [-0.39, 0.29) is 5.92 Å². The molecule has 1 aromatic rings. The minimum absolute atomic E-state index is 0.281. The number of hydrogen-bond acceptors (Lipinski definition) is 6. The lowest BCUT2D eigenvalue weighted by molar-refractivity contribution is -0.152. The van der Waals surface area contributed by atoms with Gasteiger partial charge in [0.25, 0.3) is 11.8 Å². The number of ether oxygens (including phenoxy) is 1. The topological polar surface area (TPSA) is 102 Å². The molecular weight excluding hydrogens is 458 g/mol. The second-order valence-corrected chi connectivity index (χ2v) is 10.7. The van der Waals surface area contributed by atoms with Gasteiger partial charge in [0, 0.05) is 32.7 Å². The Bertz CT molecular complexity index is 845. The molecule has 1 saturated carbocycles. The van der Waals surface area contributed by atoms with Crippen LogP contribution in [-0.4, -0.2) is 78.5 Å². The van der Waals surface area contributed by atoms with Crippen LogP contribution < -0.4 is 15.0 Å². The molecule has 0 radical (unpaired) electrons. The number of likely N-dealkylation sites (tertiary alicyclic amines) is 1. The van der Waals surface area contributed by atoms with Crippen LogP contribution in [0.15, 0.2) is 24.3 Å². The summed E-state index contributed by atoms with van der Waals surface area (Å²) in [5.74, 6) is 0.773. The highest BCUT2D eigenvalue weighted by atomic mass is 16.5. The first-order valence-electron chi connectivity index (χ1n) is 13.9. The lowest BCUT2D eigenvalue weighted by atomic mass is 9.87. The second kappa shape index (κ2) is 13.3. The molecule has 2 aliphatic heterocycles. The van der Waals surface area contributed by atoms with Gasteiger partial charge in [0.05, 0.1) is 12.3 Å². The zero-order valence-corrected chi connectivity index (χ0v) is 21.4. The summed E-state index contributed by atoms with van der Waals surface area (Å²) in [6.07, 6.45) is 8.01. The van der Waals surface area contributed by atoms with Gasteiger partial charge in [-0.1, -0.05) is 44.2 Å². The Morgan fingerprint density at radius 2 is 1.58 bits per heavy atom. The summed E-state index contributed by atoms with van der Waals surface area (Å²) in [5, 5.41) is 23.1. The van der Waals surface area contributed by atoms with Crippen molar-refractivity contribution in [2.24, 2.45) is 11.8 Å². The van der Waals surface area contributed by atoms with Crippen LogP contribution in [0.25, 0.3) is 0 Å². The summed E-state index contributed by atoms with van der Waals surface area (Å²) in [6.45, 7) is 4.05. The largest absolute Gasteiger partial charge is 0.491 e. The maximum Gasteiger partial charge on any atom is 0.254 e. The molecule has 1 aliphatic carbocycles. The predicted molar refractivity (Wildman–Crippen MR) is 139 cm³/mol. The number of carbonyl (C=O) groups excluding carboxylic acids is 2. The van der Waals surface area contributed by atoms with Crippen LogP contribution >= 0.6 is 0 Å². The molecule has 0 bridgehead atoms. The predicted octanol–water partition coefficient (Wildman–Crippen LogP) is 2.71. The van der Waals surface area contributed by atoms with Gasteiger partial charge in [0.2, 0.25) is 0 Å². The van der Waals surface area contributed by atoms with Gasteiger partial charge < -0.3 is 30.1 Å². The number of rotatable bonds is 10. The first-order valence-corrected chi connectivity index (χ1v) is 13.9. The molecule has 2 atom stereocenters. The number of nitrogens with one attached hydrogen (secondary N) is 1. The van der Waals surface area contributed by atoms with Crippen molar-refractivity contribution >= 4 is 17.5 Å². The Morgan fingerprint density at radius 1 is 0.889 bits per heavy atom. The zero-order chi connectivity index (χ0) is 25.3. The van der Waals surface area contributed by atoms with Crippen molar-refractivity contribution in [2.75, 3.05) is 44.2 Å². The molecule has 8 nitrogen and oxygen atoms in total. The van der Waals surface area contributed by atoms with Crippen LogP contribution in [0.2, 0.25) is 0 Å². The Kier molecular flexibility index (Phi) is 9.87. The summed E-state index contributed by atoms with van der Waals surface area (Å²) in [6, 6.07) is 8.24. The number of para-hydroxylation sites is 2. The van der Waals surface area contributed by atoms with Crippen molar-refractivity contribution in [2.45, 2.75) is 76.4 Å². The van der Waals surface area contributed by atoms with E-state index < -0.39 is 24.0 Å². The molecule has 0 aromatic heterocycles. The van der Waals surface area contributed by atoms with Crippen LogP contribution in [0.1, 0.15) is 64.2 Å². The fourth-order valence-electron chi connectivity index (χ4n) is 5.78. The Balaban J connectivity index is 1.19. The average molecular weight is 502 g/mol. The molecule has 2 heterocycles. The number of nitrogens with zero attached hydrogens (tertiary/aromatic N) is 2. The molecule has 4 rings (SSSR count). The number of aliphatic hydroxyl groups is 2. The zero-order valence-electron chi connectivity index (χ0n) is 21.4. The SMILES string of the molecule is O=C(NCC1CCN(c2ccccc2OCCC2CCCCC2)CC1)[C@H](O)[C@@H](O)C(=O)N1CCCC1. The third kappa shape index (κ3) is 7.13. The summed E-state index contributed by atoms with van der Waals surface area (Å²) in [5.41, 5.74) is 1.13. The number of anilines is 1. The van der Waals surface area contributed by atoms with Gasteiger partial charge in [-0.05, 0) is 56.1 Å². The van der Waals surface area contributed by atoms with E-state index >= 15 is 0 Å². The maximum absolute atomic E-state index is 12.4. The van der Waals surface area contributed by atoms with Crippen LogP contribution in [-0.2, 0) is 9.59 Å². The highest BCUT2D eigenvalue weighted by molar-refractivity contribution is 5.90. The molecule has 1 aromatic carbocycles. The number of hydrogen-bond donors (Lipinski definition) is 3. The monoisotopic (exact) mass is 501 g/mol. The molecule has 2 amide bonds. The molecule has 36 heavy (non-hydrogen) atoms. The van der Waals surface area contributed by atoms with E-state index in [0.29, 0.717) is 19.6 Å². The van der Waals surface area contributed by atoms with Crippen LogP contribution in [0.3, 0.4) is 0 Å². The molecule has 2 saturated heterocycles. The van der Waals surface area contributed by atoms with E-state index in [0.717, 1.165) is 69.2 Å². The van der Waals surface area contributed by atoms with Crippen LogP contribution in [0.4, 0.5) is 5.69 Å². The number of aliphatic hydroxyl groups excluding tert-OH is 2. The number of amides is 2. The quantitative estimate of drug-likeness (QED) is 0.456. The maximum atomic E-state index is 12.4. The molecule has 8 heteroatoms. The number of piperidine rings is 1. The van der Waals surface area contributed by atoms with E-state index in [1.54, 1.807) is 0 Å². The first kappa shape index (κ1) is 26.7. The lowest BCUT2D eigenvalue weighted by Gasteiger charge is -2.34. The Morgan fingerprint density at radius 3 is 2.31 bits per heavy atom. The third-order valence-electron chi connectivity index (χ3n) is 8.13. The van der Waals surface area contributed by atoms with E-state index in [4.69, 9.17) is 4.74 Å². The average Bonchev–Trinajstić information content (AvgIpc) is 3.47. The normalized spacial score (nSPS) is 21.3. The van der Waals surface area contributed by atoms with Gasteiger partial charge in [0.1, 0.15) is 5.75 Å². The van der Waals surface area contributed by atoms with Crippen molar-refractivity contribution in [3.63, 3.8) is 0 Å². The molecule has 3 aliphatic rings. The molecule has 0 unspecified atom stereocenters. The fraction of sp³-hybridized carbons (Fsp3) is 0.714. The summed E-state index contributed by atoms with van der Waals surface area (Å²) < 4.78 is 6.22. The fourth-order valence-corrected chi connectivity index (χ4v) is 5.78. The van der Waals surface area contributed by atoms with Gasteiger partial charge in [0.15, 0.2) is 12.2 Å². The van der Waals surface area contributed by atoms with E-state index in [1.807, 2.05) is 12.1 Å². The summed E-state index contributed by atoms with van der Waals surface area (Å²) in [7, 11) is 0. The molecule has 3 fully saturated rings. The highest BCUT2D eigenvalue weighted by Crippen LogP contribution is 2.32. The van der Waals surface area contributed by atoms with Crippen molar-refractivity contribution < 1.29 is 24.5 Å². The summed E-state index contributed by atoms with van der Waals surface area (Å²) in [4.78, 5) is 28.5. The first-order chi connectivity index (χ1) is 17.5. The van der Waals surface area contributed by atoms with E-state index in [2.05, 4.69) is 22.3 Å². The van der Waals surface area contributed by atoms with Crippen molar-refractivity contribution in [1.29, 1.82) is 0 Å². The Hall–Kier alpha value is -2.32. The third-order valence-corrected chi connectivity index (χ3v) is 8.13. The number of carbonyl (C=O) groups is 2. The lowest BCUT2D eigenvalue weighted by Crippen LogP contribution is -2.51. The minimum atomic E-state index is -1.74. The van der Waals surface area contributed by atoms with E-state index in [9.17, 15) is 19.8 Å².